The fourth-order valence-electron chi connectivity index (χ4n) is 3.76. The number of aromatic nitrogens is 4. The number of nitrogens with zero attached hydrogens (tertiary/aromatic N) is 4. The molecule has 0 bridgehead atoms. The van der Waals surface area contributed by atoms with Crippen LogP contribution >= 0.6 is 0 Å². The van der Waals surface area contributed by atoms with Crippen LogP contribution in [0, 0.1) is 0 Å². The summed E-state index contributed by atoms with van der Waals surface area (Å²) in [6, 6.07) is 12.1. The minimum Gasteiger partial charge on any atom is -0.350 e. The van der Waals surface area contributed by atoms with E-state index in [2.05, 4.69) is 26.9 Å². The monoisotopic (exact) mass is 378 g/mol. The highest BCUT2D eigenvalue weighted by Crippen LogP contribution is 2.22. The van der Waals surface area contributed by atoms with Crippen molar-refractivity contribution >= 4 is 5.91 Å². The van der Waals surface area contributed by atoms with E-state index in [0.717, 1.165) is 42.8 Å². The molecule has 7 heteroatoms. The van der Waals surface area contributed by atoms with Crippen molar-refractivity contribution in [3.8, 4) is 0 Å². The van der Waals surface area contributed by atoms with Gasteiger partial charge in [0.05, 0.1) is 6.54 Å². The Morgan fingerprint density at radius 2 is 2.04 bits per heavy atom. The van der Waals surface area contributed by atoms with Gasteiger partial charge in [0.1, 0.15) is 6.54 Å². The van der Waals surface area contributed by atoms with Crippen LogP contribution in [0.4, 0.5) is 0 Å². The maximum Gasteiger partial charge on any atom is 0.242 e. The van der Waals surface area contributed by atoms with Crippen LogP contribution in [0.2, 0.25) is 0 Å². The van der Waals surface area contributed by atoms with Crippen LogP contribution in [-0.2, 0) is 24.4 Å². The third kappa shape index (κ3) is 4.48. The Kier molecular flexibility index (Phi) is 5.82. The highest BCUT2D eigenvalue weighted by atomic mass is 16.2. The summed E-state index contributed by atoms with van der Waals surface area (Å²) >= 11 is 0. The molecule has 2 N–H and O–H groups in total. The Balaban J connectivity index is 1.36. The maximum absolute atomic E-state index is 12.5. The largest absolute Gasteiger partial charge is 0.350 e. The molecule has 1 fully saturated rings. The number of carbonyl (C=O) groups excluding carboxylic acids is 1. The van der Waals surface area contributed by atoms with Gasteiger partial charge in [0.15, 0.2) is 0 Å². The lowest BCUT2D eigenvalue weighted by molar-refractivity contribution is -0.122. The molecule has 0 spiro atoms. The second kappa shape index (κ2) is 8.84. The van der Waals surface area contributed by atoms with Crippen LogP contribution < -0.4 is 10.6 Å². The molecule has 7 nitrogen and oxygen atoms in total. The van der Waals surface area contributed by atoms with Crippen molar-refractivity contribution in [2.75, 3.05) is 13.1 Å². The lowest BCUT2D eigenvalue weighted by Crippen LogP contribution is -2.32. The molecule has 1 aliphatic heterocycles. The molecule has 4 rings (SSSR count). The van der Waals surface area contributed by atoms with Gasteiger partial charge >= 0.3 is 0 Å². The Morgan fingerprint density at radius 3 is 2.82 bits per heavy atom. The number of piperidine rings is 1. The topological polar surface area (TPSA) is 76.8 Å². The zero-order chi connectivity index (χ0) is 19.2. The van der Waals surface area contributed by atoms with Gasteiger partial charge < -0.3 is 10.6 Å². The van der Waals surface area contributed by atoms with E-state index < -0.39 is 0 Å². The SMILES string of the molecule is O=C(Cn1nccc1[C@H]1CCCNC1)NCc1ccccc1Cn1cccn1. The van der Waals surface area contributed by atoms with Gasteiger partial charge in [-0.05, 0) is 42.6 Å². The molecule has 1 atom stereocenters. The normalized spacial score (nSPS) is 16.8. The first-order valence-corrected chi connectivity index (χ1v) is 9.83. The third-order valence-electron chi connectivity index (χ3n) is 5.24. The van der Waals surface area contributed by atoms with E-state index in [1.165, 1.54) is 0 Å². The Labute approximate surface area is 164 Å². The van der Waals surface area contributed by atoms with E-state index in [-0.39, 0.29) is 12.5 Å². The first-order valence-electron chi connectivity index (χ1n) is 9.83. The van der Waals surface area contributed by atoms with Crippen molar-refractivity contribution in [1.29, 1.82) is 0 Å². The van der Waals surface area contributed by atoms with Crippen molar-refractivity contribution in [2.45, 2.75) is 38.4 Å². The van der Waals surface area contributed by atoms with Crippen molar-refractivity contribution in [1.82, 2.24) is 30.2 Å². The third-order valence-corrected chi connectivity index (χ3v) is 5.24. The maximum atomic E-state index is 12.5. The summed E-state index contributed by atoms with van der Waals surface area (Å²) < 4.78 is 3.72. The van der Waals surface area contributed by atoms with Crippen LogP contribution in [0.5, 0.6) is 0 Å². The molecule has 0 unspecified atom stereocenters. The van der Waals surface area contributed by atoms with E-state index >= 15 is 0 Å². The molecule has 1 amide bonds. The number of benzene rings is 1. The molecular formula is C21H26N6O. The number of hydrogen-bond donors (Lipinski definition) is 2. The zero-order valence-electron chi connectivity index (χ0n) is 15.9. The van der Waals surface area contributed by atoms with Gasteiger partial charge in [0.2, 0.25) is 5.91 Å². The van der Waals surface area contributed by atoms with Crippen LogP contribution in [-0.4, -0.2) is 38.6 Å². The van der Waals surface area contributed by atoms with Crippen molar-refractivity contribution in [3.63, 3.8) is 0 Å². The van der Waals surface area contributed by atoms with Crippen LogP contribution in [0.3, 0.4) is 0 Å². The second-order valence-electron chi connectivity index (χ2n) is 7.21. The summed E-state index contributed by atoms with van der Waals surface area (Å²) in [4.78, 5) is 12.5. The predicted molar refractivity (Wildman–Crippen MR) is 107 cm³/mol. The van der Waals surface area contributed by atoms with Crippen LogP contribution in [0.15, 0.2) is 55.0 Å². The number of carbonyl (C=O) groups is 1. The van der Waals surface area contributed by atoms with E-state index in [1.807, 2.05) is 45.9 Å². The van der Waals surface area contributed by atoms with E-state index in [1.54, 1.807) is 12.4 Å². The number of rotatable bonds is 7. The first-order chi connectivity index (χ1) is 13.8. The molecule has 1 aliphatic rings. The quantitative estimate of drug-likeness (QED) is 0.658. The summed E-state index contributed by atoms with van der Waals surface area (Å²) in [5.74, 6) is 0.404. The van der Waals surface area contributed by atoms with Gasteiger partial charge in [-0.2, -0.15) is 10.2 Å². The summed E-state index contributed by atoms with van der Waals surface area (Å²) in [6.07, 6.45) is 7.80. The van der Waals surface area contributed by atoms with Crippen LogP contribution in [0.25, 0.3) is 0 Å². The standard InChI is InChI=1S/C21H26N6O/c28-21(16-27-20(8-11-25-27)18-7-3-9-22-13-18)23-14-17-5-1-2-6-19(17)15-26-12-4-10-24-26/h1-2,4-6,8,10-12,18,22H,3,7,9,13-16H2,(H,23,28)/t18-/m0/s1. The van der Waals surface area contributed by atoms with Crippen LogP contribution in [0.1, 0.15) is 35.6 Å². The summed E-state index contributed by atoms with van der Waals surface area (Å²) in [7, 11) is 0. The smallest absolute Gasteiger partial charge is 0.242 e. The number of hydrogen-bond acceptors (Lipinski definition) is 4. The molecule has 1 aromatic carbocycles. The molecule has 3 aromatic rings. The van der Waals surface area contributed by atoms with Gasteiger partial charge in [-0.25, -0.2) is 0 Å². The second-order valence-corrected chi connectivity index (χ2v) is 7.21. The van der Waals surface area contributed by atoms with Gasteiger partial charge in [-0.15, -0.1) is 0 Å². The van der Waals surface area contributed by atoms with Crippen molar-refractivity contribution < 1.29 is 4.79 Å². The van der Waals surface area contributed by atoms with E-state index in [9.17, 15) is 4.79 Å². The van der Waals surface area contributed by atoms with Crippen molar-refractivity contribution in [2.24, 2.45) is 0 Å². The summed E-state index contributed by atoms with van der Waals surface area (Å²) in [6.45, 7) is 3.46. The van der Waals surface area contributed by atoms with Gasteiger partial charge in [-0.3, -0.25) is 14.2 Å². The lowest BCUT2D eigenvalue weighted by atomic mass is 9.96. The Morgan fingerprint density at radius 1 is 1.14 bits per heavy atom. The molecule has 0 aliphatic carbocycles. The summed E-state index contributed by atoms with van der Waals surface area (Å²) in [5, 5.41) is 15.1. The van der Waals surface area contributed by atoms with E-state index in [0.29, 0.717) is 19.0 Å². The van der Waals surface area contributed by atoms with Gasteiger partial charge in [0.25, 0.3) is 0 Å². The van der Waals surface area contributed by atoms with Crippen molar-refractivity contribution in [3.05, 3.63) is 71.8 Å². The number of amides is 1. The molecular weight excluding hydrogens is 352 g/mol. The predicted octanol–water partition coefficient (Wildman–Crippen LogP) is 1.91. The first kappa shape index (κ1) is 18.4. The zero-order valence-corrected chi connectivity index (χ0v) is 15.9. The average molecular weight is 378 g/mol. The highest BCUT2D eigenvalue weighted by molar-refractivity contribution is 5.75. The highest BCUT2D eigenvalue weighted by Gasteiger charge is 2.19. The fraction of sp³-hybridized carbons (Fsp3) is 0.381. The summed E-state index contributed by atoms with van der Waals surface area (Å²) in [5.41, 5.74) is 3.39. The van der Waals surface area contributed by atoms with E-state index in [4.69, 9.17) is 0 Å². The molecule has 0 saturated carbocycles. The van der Waals surface area contributed by atoms with Gasteiger partial charge in [0, 0.05) is 43.3 Å². The van der Waals surface area contributed by atoms with Gasteiger partial charge in [-0.1, -0.05) is 24.3 Å². The minimum absolute atomic E-state index is 0.0254. The molecule has 3 heterocycles. The fourth-order valence-corrected chi connectivity index (χ4v) is 3.76. The lowest BCUT2D eigenvalue weighted by Gasteiger charge is -2.23. The number of nitrogens with one attached hydrogen (secondary N) is 2. The average Bonchev–Trinajstić information content (AvgIpc) is 3.40. The molecule has 2 aromatic heterocycles. The molecule has 146 valence electrons. The molecule has 0 radical (unpaired) electrons. The minimum atomic E-state index is -0.0254. The Bertz CT molecular complexity index is 895. The molecule has 1 saturated heterocycles. The Hall–Kier alpha value is -2.93. The molecule has 28 heavy (non-hydrogen) atoms.